The highest BCUT2D eigenvalue weighted by molar-refractivity contribution is 5.78. The van der Waals surface area contributed by atoms with Gasteiger partial charge in [0.1, 0.15) is 11.8 Å². The number of carbonyl (C=O) groups is 3. The molecule has 0 aliphatic heterocycles. The monoisotopic (exact) mass is 675 g/mol. The number of unbranched alkanes of at least 4 members (excludes halogenated alkanes) is 13. The highest BCUT2D eigenvalue weighted by Gasteiger charge is 2.10. The fourth-order valence-corrected chi connectivity index (χ4v) is 4.91. The lowest BCUT2D eigenvalue weighted by Gasteiger charge is -2.09. The van der Waals surface area contributed by atoms with Crippen molar-refractivity contribution in [1.29, 1.82) is 0 Å². The lowest BCUT2D eigenvalue weighted by molar-refractivity contribution is -0.138. The molecule has 0 fully saturated rings. The van der Waals surface area contributed by atoms with Crippen molar-refractivity contribution in [2.24, 2.45) is 5.73 Å². The van der Waals surface area contributed by atoms with E-state index in [0.29, 0.717) is 111 Å². The molecule has 0 aromatic heterocycles. The molecule has 0 aromatic rings. The summed E-state index contributed by atoms with van der Waals surface area (Å²) in [5.41, 5.74) is 5.44. The first-order valence-electron chi connectivity index (χ1n) is 18.6. The van der Waals surface area contributed by atoms with Crippen molar-refractivity contribution in [3.8, 4) is 0 Å². The van der Waals surface area contributed by atoms with Gasteiger partial charge in [-0.15, -0.1) is 0 Å². The highest BCUT2D eigenvalue weighted by Crippen LogP contribution is 2.13. The Morgan fingerprint density at radius 1 is 0.532 bits per heavy atom. The molecule has 278 valence electrons. The number of hydrogen-bond donors (Lipinski definition) is 3. The summed E-state index contributed by atoms with van der Waals surface area (Å²) in [7, 11) is 0. The molecule has 1 atom stereocenters. The summed E-state index contributed by atoms with van der Waals surface area (Å²) in [5.74, 6) is -0.747. The first-order valence-corrected chi connectivity index (χ1v) is 18.6. The number of ketones is 1. The van der Waals surface area contributed by atoms with Gasteiger partial charge in [0.15, 0.2) is 0 Å². The van der Waals surface area contributed by atoms with Crippen LogP contribution in [0.3, 0.4) is 0 Å². The number of carboxylic acids is 1. The van der Waals surface area contributed by atoms with E-state index in [1.807, 2.05) is 0 Å². The molecule has 0 spiro atoms. The van der Waals surface area contributed by atoms with Crippen LogP contribution in [0.5, 0.6) is 0 Å². The lowest BCUT2D eigenvalue weighted by Crippen LogP contribution is -2.30. The van der Waals surface area contributed by atoms with Gasteiger partial charge in [0.2, 0.25) is 5.91 Å². The Morgan fingerprint density at radius 3 is 1.45 bits per heavy atom. The van der Waals surface area contributed by atoms with Crippen LogP contribution >= 0.6 is 0 Å². The zero-order valence-electron chi connectivity index (χ0n) is 29.8. The van der Waals surface area contributed by atoms with Gasteiger partial charge in [-0.2, -0.15) is 0 Å². The second kappa shape index (κ2) is 37.2. The van der Waals surface area contributed by atoms with Crippen LogP contribution < -0.4 is 11.1 Å². The minimum Gasteiger partial charge on any atom is -0.480 e. The topological polar surface area (TPSA) is 156 Å². The van der Waals surface area contributed by atoms with Crippen LogP contribution in [0.15, 0.2) is 0 Å². The Kier molecular flexibility index (Phi) is 35.9. The summed E-state index contributed by atoms with van der Waals surface area (Å²) in [6.07, 6.45) is 21.3. The molecular weight excluding hydrogens is 604 g/mol. The highest BCUT2D eigenvalue weighted by atomic mass is 16.6. The van der Waals surface area contributed by atoms with Crippen LogP contribution in [-0.2, 0) is 38.1 Å². The molecular formula is C36H70N2O9. The summed E-state index contributed by atoms with van der Waals surface area (Å²) in [5, 5.41) is 11.5. The van der Waals surface area contributed by atoms with Crippen molar-refractivity contribution in [3.05, 3.63) is 0 Å². The summed E-state index contributed by atoms with van der Waals surface area (Å²) in [6.45, 7) is 7.40. The maximum atomic E-state index is 12.1. The molecule has 0 radical (unpaired) electrons. The fraction of sp³-hybridized carbons (Fsp3) is 0.917. The van der Waals surface area contributed by atoms with Crippen LogP contribution in [0, 0.1) is 0 Å². The number of nitrogens with two attached hydrogens (primary N) is 1. The number of ether oxygens (including phenoxy) is 5. The molecule has 0 aromatic carbocycles. The maximum absolute atomic E-state index is 12.1. The third-order valence-electron chi connectivity index (χ3n) is 7.85. The number of carboxylic acid groups (broad SMARTS) is 1. The number of amides is 1. The molecule has 0 saturated heterocycles. The van der Waals surface area contributed by atoms with E-state index in [9.17, 15) is 14.4 Å². The SMILES string of the molecule is CCCCCCCCCCCCCCCC(=O)CCCOCCOCCOCCOCCOCCC(=O)NCCCCC(N)C(=O)O. The summed E-state index contributed by atoms with van der Waals surface area (Å²) >= 11 is 0. The van der Waals surface area contributed by atoms with Crippen LogP contribution in [0.4, 0.5) is 0 Å². The Bertz CT molecular complexity index is 712. The third-order valence-corrected chi connectivity index (χ3v) is 7.85. The third kappa shape index (κ3) is 37.0. The zero-order valence-corrected chi connectivity index (χ0v) is 29.8. The number of rotatable bonds is 39. The summed E-state index contributed by atoms with van der Waals surface area (Å²) in [4.78, 5) is 34.4. The molecule has 1 unspecified atom stereocenters. The van der Waals surface area contributed by atoms with E-state index >= 15 is 0 Å². The number of hydrogen-bond acceptors (Lipinski definition) is 9. The van der Waals surface area contributed by atoms with Crippen molar-refractivity contribution < 1.29 is 43.2 Å². The standard InChI is InChI=1S/C36H70N2O9/c1-2-3-4-5-6-7-8-9-10-11-12-13-14-18-33(39)19-17-23-43-25-27-45-29-31-47-32-30-46-28-26-44-24-21-35(40)38-22-16-15-20-34(37)36(41)42/h34H,2-32,37H2,1H3,(H,38,40)(H,41,42). The van der Waals surface area contributed by atoms with Gasteiger partial charge in [-0.25, -0.2) is 0 Å². The Labute approximate surface area is 285 Å². The largest absolute Gasteiger partial charge is 0.480 e. The lowest BCUT2D eigenvalue weighted by atomic mass is 10.0. The average Bonchev–Trinajstić information content (AvgIpc) is 3.05. The van der Waals surface area contributed by atoms with Crippen molar-refractivity contribution in [2.75, 3.05) is 72.6 Å². The minimum absolute atomic E-state index is 0.0994. The summed E-state index contributed by atoms with van der Waals surface area (Å²) < 4.78 is 27.4. The Hall–Kier alpha value is -1.63. The van der Waals surface area contributed by atoms with Crippen LogP contribution in [0.25, 0.3) is 0 Å². The quantitative estimate of drug-likeness (QED) is 0.0662. The Balaban J connectivity index is 3.22. The molecule has 0 bridgehead atoms. The molecule has 0 saturated carbocycles. The first kappa shape index (κ1) is 45.4. The van der Waals surface area contributed by atoms with Crippen LogP contribution in [0.1, 0.15) is 135 Å². The van der Waals surface area contributed by atoms with Gasteiger partial charge >= 0.3 is 5.97 Å². The number of aliphatic carboxylic acids is 1. The average molecular weight is 675 g/mol. The van der Waals surface area contributed by atoms with Gasteiger partial charge in [0.05, 0.1) is 59.5 Å². The fourth-order valence-electron chi connectivity index (χ4n) is 4.91. The van der Waals surface area contributed by atoms with E-state index in [1.165, 1.54) is 77.0 Å². The normalized spacial score (nSPS) is 12.0. The van der Waals surface area contributed by atoms with E-state index in [0.717, 1.165) is 12.8 Å². The molecule has 0 aliphatic carbocycles. The molecule has 11 heteroatoms. The predicted molar refractivity (Wildman–Crippen MR) is 186 cm³/mol. The molecule has 11 nitrogen and oxygen atoms in total. The van der Waals surface area contributed by atoms with E-state index in [1.54, 1.807) is 0 Å². The molecule has 0 heterocycles. The van der Waals surface area contributed by atoms with E-state index in [4.69, 9.17) is 34.5 Å². The van der Waals surface area contributed by atoms with Crippen molar-refractivity contribution in [2.45, 2.75) is 141 Å². The molecule has 0 aliphatic rings. The van der Waals surface area contributed by atoms with Crippen molar-refractivity contribution in [1.82, 2.24) is 5.32 Å². The predicted octanol–water partition coefficient (Wildman–Crippen LogP) is 5.99. The minimum atomic E-state index is -1.00. The summed E-state index contributed by atoms with van der Waals surface area (Å²) in [6, 6.07) is -0.846. The maximum Gasteiger partial charge on any atom is 0.320 e. The van der Waals surface area contributed by atoms with Gasteiger partial charge < -0.3 is 39.8 Å². The second-order valence-electron chi connectivity index (χ2n) is 12.2. The van der Waals surface area contributed by atoms with Crippen molar-refractivity contribution in [3.63, 3.8) is 0 Å². The number of carbonyl (C=O) groups excluding carboxylic acids is 2. The van der Waals surface area contributed by atoms with E-state index < -0.39 is 12.0 Å². The number of Topliss-reactive ketones (excluding diaryl/α,β-unsaturated/α-hetero) is 1. The van der Waals surface area contributed by atoms with Gasteiger partial charge in [-0.05, 0) is 32.1 Å². The number of nitrogens with one attached hydrogen (secondary N) is 1. The molecule has 0 rings (SSSR count). The van der Waals surface area contributed by atoms with Crippen molar-refractivity contribution >= 4 is 17.7 Å². The van der Waals surface area contributed by atoms with Gasteiger partial charge in [-0.1, -0.05) is 84.0 Å². The van der Waals surface area contributed by atoms with Gasteiger partial charge in [0, 0.05) is 32.4 Å². The molecule has 47 heavy (non-hydrogen) atoms. The van der Waals surface area contributed by atoms with Crippen LogP contribution in [-0.4, -0.2) is 101 Å². The first-order chi connectivity index (χ1) is 23.0. The van der Waals surface area contributed by atoms with E-state index in [-0.39, 0.29) is 12.3 Å². The molecule has 1 amide bonds. The Morgan fingerprint density at radius 2 is 0.957 bits per heavy atom. The zero-order chi connectivity index (χ0) is 34.5. The van der Waals surface area contributed by atoms with Crippen LogP contribution in [0.2, 0.25) is 0 Å². The second-order valence-corrected chi connectivity index (χ2v) is 12.2. The van der Waals surface area contributed by atoms with E-state index in [2.05, 4.69) is 12.2 Å². The smallest absolute Gasteiger partial charge is 0.320 e. The van der Waals surface area contributed by atoms with Gasteiger partial charge in [0.25, 0.3) is 0 Å². The van der Waals surface area contributed by atoms with Gasteiger partial charge in [-0.3, -0.25) is 14.4 Å². The molecule has 4 N–H and O–H groups in total.